The van der Waals surface area contributed by atoms with Crippen LogP contribution in [-0.4, -0.2) is 41.0 Å². The number of hydrogen-bond donors (Lipinski definition) is 2. The Hall–Kier alpha value is -1.21. The number of carbonyl (C=O) groups excluding carboxylic acids is 2. The Labute approximate surface area is 257 Å². The third-order valence-corrected chi connectivity index (χ3v) is 7.77. The fourth-order valence-electron chi connectivity index (χ4n) is 4.72. The molecule has 0 heterocycles. The van der Waals surface area contributed by atoms with E-state index in [2.05, 4.69) is 30.5 Å². The number of unbranched alkanes of at least 4 members (excludes halogenated alkanes) is 19. The van der Waals surface area contributed by atoms with Gasteiger partial charge in [0.2, 0.25) is 0 Å². The highest BCUT2D eigenvalue weighted by Gasteiger charge is 2.22. The molecule has 0 bridgehead atoms. The molecule has 0 spiro atoms. The Morgan fingerprint density at radius 2 is 1.00 bits per heavy atom. The maximum Gasteiger partial charge on any atom is 0.469 e. The zero-order chi connectivity index (χ0) is 31.2. The van der Waals surface area contributed by atoms with E-state index in [0.717, 1.165) is 57.8 Å². The summed E-state index contributed by atoms with van der Waals surface area (Å²) in [6, 6.07) is 0. The average Bonchev–Trinajstić information content (AvgIpc) is 2.95. The Kier molecular flexibility index (Phi) is 29.0. The van der Waals surface area contributed by atoms with Crippen LogP contribution in [0.15, 0.2) is 12.2 Å². The van der Waals surface area contributed by atoms with Gasteiger partial charge in [-0.05, 0) is 38.5 Å². The topological polar surface area (TPSA) is 119 Å². The zero-order valence-corrected chi connectivity index (χ0v) is 27.8. The largest absolute Gasteiger partial charge is 0.469 e. The van der Waals surface area contributed by atoms with E-state index in [1.165, 1.54) is 77.0 Å². The SMILES string of the molecule is CCCCCCCC/C=C/CCCCCCCC(=O)OC[C@H](COP(=O)(O)O)OC(=O)CCCCCCCCCCC. The number of ether oxygens (including phenoxy) is 2. The normalized spacial score (nSPS) is 12.6. The van der Waals surface area contributed by atoms with Crippen molar-refractivity contribution in [1.82, 2.24) is 0 Å². The molecular weight excluding hydrogens is 555 g/mol. The van der Waals surface area contributed by atoms with Gasteiger partial charge < -0.3 is 19.3 Å². The second-order valence-corrected chi connectivity index (χ2v) is 12.7. The standard InChI is InChI=1S/C33H63O8P/c1-3-5-7-9-11-13-14-15-16-17-18-20-21-23-25-27-32(34)39-29-31(30-40-42(36,37)38)41-33(35)28-26-24-22-19-12-10-8-6-4-2/h15-16,31H,3-14,17-30H2,1-2H3,(H2,36,37,38)/b16-15+/t31-/m1/s1. The summed E-state index contributed by atoms with van der Waals surface area (Å²) in [4.78, 5) is 42.4. The lowest BCUT2D eigenvalue weighted by Gasteiger charge is -2.18. The molecule has 9 heteroatoms. The number of hydrogen-bond acceptors (Lipinski definition) is 6. The predicted molar refractivity (Wildman–Crippen MR) is 170 cm³/mol. The molecule has 0 unspecified atom stereocenters. The molecule has 2 N–H and O–H groups in total. The van der Waals surface area contributed by atoms with Crippen molar-refractivity contribution < 1.29 is 37.9 Å². The van der Waals surface area contributed by atoms with Gasteiger partial charge in [0, 0.05) is 12.8 Å². The van der Waals surface area contributed by atoms with Gasteiger partial charge in [0.1, 0.15) is 6.61 Å². The summed E-state index contributed by atoms with van der Waals surface area (Å²) in [6.45, 7) is 3.63. The van der Waals surface area contributed by atoms with Crippen LogP contribution < -0.4 is 0 Å². The summed E-state index contributed by atoms with van der Waals surface area (Å²) in [7, 11) is -4.74. The first-order valence-corrected chi connectivity index (χ1v) is 18.5. The van der Waals surface area contributed by atoms with E-state index in [9.17, 15) is 14.2 Å². The maximum absolute atomic E-state index is 12.2. The summed E-state index contributed by atoms with van der Waals surface area (Å²) in [5.41, 5.74) is 0. The first-order chi connectivity index (χ1) is 20.3. The van der Waals surface area contributed by atoms with Gasteiger partial charge in [0.05, 0.1) is 6.61 Å². The Bertz CT molecular complexity index is 706. The van der Waals surface area contributed by atoms with Crippen LogP contribution in [0.2, 0.25) is 0 Å². The van der Waals surface area contributed by atoms with Crippen molar-refractivity contribution in [3.8, 4) is 0 Å². The molecule has 0 saturated carbocycles. The number of phosphoric ester groups is 1. The third kappa shape index (κ3) is 31.7. The number of allylic oxidation sites excluding steroid dienone is 2. The highest BCUT2D eigenvalue weighted by molar-refractivity contribution is 7.46. The minimum absolute atomic E-state index is 0.213. The van der Waals surface area contributed by atoms with Crippen molar-refractivity contribution in [2.45, 2.75) is 174 Å². The molecule has 0 rings (SSSR count). The predicted octanol–water partition coefficient (Wildman–Crippen LogP) is 9.51. The maximum atomic E-state index is 12.2. The summed E-state index contributed by atoms with van der Waals surface area (Å²) in [5, 5.41) is 0. The third-order valence-electron chi connectivity index (χ3n) is 7.28. The number of rotatable bonds is 31. The van der Waals surface area contributed by atoms with Crippen molar-refractivity contribution in [3.05, 3.63) is 12.2 Å². The van der Waals surface area contributed by atoms with Gasteiger partial charge >= 0.3 is 19.8 Å². The van der Waals surface area contributed by atoms with Gasteiger partial charge in [0.15, 0.2) is 6.10 Å². The van der Waals surface area contributed by atoms with Gasteiger partial charge in [-0.2, -0.15) is 0 Å². The van der Waals surface area contributed by atoms with Crippen LogP contribution in [0.1, 0.15) is 168 Å². The van der Waals surface area contributed by atoms with Gasteiger partial charge in [0.25, 0.3) is 0 Å². The smallest absolute Gasteiger partial charge is 0.462 e. The minimum Gasteiger partial charge on any atom is -0.462 e. The summed E-state index contributed by atoms with van der Waals surface area (Å²) in [5.74, 6) is -0.894. The second kappa shape index (κ2) is 29.8. The van der Waals surface area contributed by atoms with Gasteiger partial charge in [-0.15, -0.1) is 0 Å². The van der Waals surface area contributed by atoms with Crippen molar-refractivity contribution in [2.75, 3.05) is 13.2 Å². The van der Waals surface area contributed by atoms with Gasteiger partial charge in [-0.25, -0.2) is 4.57 Å². The first-order valence-electron chi connectivity index (χ1n) is 17.0. The fraction of sp³-hybridized carbons (Fsp3) is 0.879. The quantitative estimate of drug-likeness (QED) is 0.0341. The van der Waals surface area contributed by atoms with Crippen molar-refractivity contribution in [1.29, 1.82) is 0 Å². The molecule has 0 aliphatic carbocycles. The van der Waals surface area contributed by atoms with Crippen molar-refractivity contribution in [3.63, 3.8) is 0 Å². The monoisotopic (exact) mass is 618 g/mol. The summed E-state index contributed by atoms with van der Waals surface area (Å²) < 4.78 is 26.1. The van der Waals surface area contributed by atoms with Gasteiger partial charge in [-0.3, -0.25) is 14.1 Å². The molecule has 0 radical (unpaired) electrons. The fourth-order valence-corrected chi connectivity index (χ4v) is 5.08. The van der Waals surface area contributed by atoms with Crippen molar-refractivity contribution in [2.24, 2.45) is 0 Å². The highest BCUT2D eigenvalue weighted by atomic mass is 31.2. The van der Waals surface area contributed by atoms with E-state index in [4.69, 9.17) is 19.3 Å². The highest BCUT2D eigenvalue weighted by Crippen LogP contribution is 2.35. The van der Waals surface area contributed by atoms with E-state index in [0.29, 0.717) is 6.42 Å². The lowest BCUT2D eigenvalue weighted by Crippen LogP contribution is -2.29. The Morgan fingerprint density at radius 1 is 0.595 bits per heavy atom. The molecule has 248 valence electrons. The molecule has 8 nitrogen and oxygen atoms in total. The zero-order valence-electron chi connectivity index (χ0n) is 26.9. The molecule has 1 atom stereocenters. The Balaban J connectivity index is 3.98. The lowest BCUT2D eigenvalue weighted by molar-refractivity contribution is -0.161. The van der Waals surface area contributed by atoms with Crippen LogP contribution in [0.4, 0.5) is 0 Å². The number of carbonyl (C=O) groups is 2. The molecule has 0 aliphatic rings. The van der Waals surface area contributed by atoms with Crippen LogP contribution >= 0.6 is 7.82 Å². The van der Waals surface area contributed by atoms with Crippen LogP contribution in [0.5, 0.6) is 0 Å². The molecular formula is C33H63O8P. The summed E-state index contributed by atoms with van der Waals surface area (Å²) in [6.07, 6.45) is 29.4. The number of esters is 2. The van der Waals surface area contributed by atoms with E-state index >= 15 is 0 Å². The molecule has 0 aliphatic heterocycles. The van der Waals surface area contributed by atoms with Crippen LogP contribution in [0.25, 0.3) is 0 Å². The van der Waals surface area contributed by atoms with E-state index in [1.54, 1.807) is 0 Å². The molecule has 0 amide bonds. The molecule has 0 saturated heterocycles. The lowest BCUT2D eigenvalue weighted by atomic mass is 10.1. The van der Waals surface area contributed by atoms with Crippen LogP contribution in [-0.2, 0) is 28.2 Å². The minimum atomic E-state index is -4.74. The van der Waals surface area contributed by atoms with Crippen molar-refractivity contribution >= 4 is 19.8 Å². The Morgan fingerprint density at radius 3 is 1.45 bits per heavy atom. The average molecular weight is 619 g/mol. The molecule has 0 fully saturated rings. The second-order valence-electron chi connectivity index (χ2n) is 11.5. The van der Waals surface area contributed by atoms with E-state index < -0.39 is 32.5 Å². The molecule has 0 aromatic carbocycles. The van der Waals surface area contributed by atoms with Crippen LogP contribution in [0.3, 0.4) is 0 Å². The molecule has 42 heavy (non-hydrogen) atoms. The number of phosphoric acid groups is 1. The molecule has 0 aromatic heterocycles. The van der Waals surface area contributed by atoms with E-state index in [-0.39, 0.29) is 19.4 Å². The molecule has 0 aromatic rings. The van der Waals surface area contributed by atoms with Gasteiger partial charge in [-0.1, -0.05) is 129 Å². The summed E-state index contributed by atoms with van der Waals surface area (Å²) >= 11 is 0. The van der Waals surface area contributed by atoms with Crippen LogP contribution in [0, 0.1) is 0 Å². The first kappa shape index (κ1) is 40.8. The van der Waals surface area contributed by atoms with E-state index in [1.807, 2.05) is 0 Å².